The molecule has 3 aromatic carbocycles. The number of ether oxygens (including phenoxy) is 3. The minimum atomic E-state index is -0.935. The molecule has 1 unspecified atom stereocenters. The zero-order valence-corrected chi connectivity index (χ0v) is 23.8. The molecule has 4 atom stereocenters. The molecule has 1 aromatic heterocycles. The van der Waals surface area contributed by atoms with Gasteiger partial charge in [-0.15, -0.1) is 0 Å². The lowest BCUT2D eigenvalue weighted by Gasteiger charge is -2.37. The number of hydrogen-bond acceptors (Lipinski definition) is 8. The van der Waals surface area contributed by atoms with Gasteiger partial charge in [0.2, 0.25) is 0 Å². The molecule has 1 saturated heterocycles. The molecular weight excluding hydrogens is 545 g/mol. The van der Waals surface area contributed by atoms with Crippen LogP contribution in [0.15, 0.2) is 102 Å². The summed E-state index contributed by atoms with van der Waals surface area (Å²) < 4.78 is 33.4. The quantitative estimate of drug-likeness (QED) is 0.106. The van der Waals surface area contributed by atoms with Gasteiger partial charge in [-0.25, -0.2) is 4.79 Å². The molecule has 0 saturated carbocycles. The van der Waals surface area contributed by atoms with E-state index in [4.69, 9.17) is 25.4 Å². The van der Waals surface area contributed by atoms with Gasteiger partial charge in [-0.2, -0.15) is 4.98 Å². The molecule has 2 heterocycles. The summed E-state index contributed by atoms with van der Waals surface area (Å²) in [5.41, 5.74) is 7.20. The number of anilines is 1. The summed E-state index contributed by atoms with van der Waals surface area (Å²) in [6.45, 7) is 0.565. The number of benzene rings is 3. The molecule has 0 amide bonds. The Kier molecular flexibility index (Phi) is 8.76. The fourth-order valence-electron chi connectivity index (χ4n) is 5.21. The Morgan fingerprint density at radius 3 is 2.27 bits per heavy atom. The highest BCUT2D eigenvalue weighted by atomic mass is 32.7. The third kappa shape index (κ3) is 5.94. The molecule has 8 nitrogen and oxygen atoms in total. The van der Waals surface area contributed by atoms with Crippen molar-refractivity contribution in [2.45, 2.75) is 24.4 Å². The Labute approximate surface area is 241 Å². The number of rotatable bonds is 12. The topological polar surface area (TPSA) is 97.8 Å². The van der Waals surface area contributed by atoms with E-state index in [0.717, 1.165) is 34.1 Å². The first-order valence-electron chi connectivity index (χ1n) is 13.4. The molecule has 5 rings (SSSR count). The Balaban J connectivity index is 1.52. The van der Waals surface area contributed by atoms with Crippen molar-refractivity contribution in [1.82, 2.24) is 9.55 Å². The molecular formula is C30H32N3O5PS. The lowest BCUT2D eigenvalue weighted by atomic mass is 9.80. The van der Waals surface area contributed by atoms with E-state index in [1.165, 1.54) is 4.57 Å². The monoisotopic (exact) mass is 579 g/mol. The Hall–Kier alpha value is -3.20. The second-order valence-corrected chi connectivity index (χ2v) is 10.4. The van der Waals surface area contributed by atoms with Crippen molar-refractivity contribution in [3.05, 3.63) is 124 Å². The molecule has 1 aliphatic heterocycles. The molecule has 2 N–H and O–H groups in total. The number of nitrogen functional groups attached to an aromatic ring is 1. The summed E-state index contributed by atoms with van der Waals surface area (Å²) in [5, 5.41) is 0. The Morgan fingerprint density at radius 2 is 1.68 bits per heavy atom. The van der Waals surface area contributed by atoms with Gasteiger partial charge in [-0.1, -0.05) is 72.8 Å². The normalized spacial score (nSPS) is 19.6. The van der Waals surface area contributed by atoms with Gasteiger partial charge in [0, 0.05) is 30.2 Å². The maximum atomic E-state index is 12.6. The minimum Gasteiger partial charge on any atom is -0.497 e. The van der Waals surface area contributed by atoms with Gasteiger partial charge in [0.1, 0.15) is 23.4 Å². The molecule has 0 radical (unpaired) electrons. The van der Waals surface area contributed by atoms with Crippen LogP contribution in [0.25, 0.3) is 0 Å². The van der Waals surface area contributed by atoms with E-state index in [0.29, 0.717) is 13.0 Å². The number of nitrogens with zero attached hydrogens (tertiary/aromatic N) is 2. The fourth-order valence-corrected chi connectivity index (χ4v) is 5.61. The zero-order chi connectivity index (χ0) is 28.7. The van der Waals surface area contributed by atoms with Crippen LogP contribution in [0.1, 0.15) is 29.3 Å². The number of methoxy groups -OCH3 is 1. The van der Waals surface area contributed by atoms with Gasteiger partial charge >= 0.3 is 5.69 Å². The van der Waals surface area contributed by atoms with E-state index in [1.807, 2.05) is 60.7 Å². The van der Waals surface area contributed by atoms with Crippen LogP contribution in [-0.2, 0) is 19.3 Å². The SMILES string of the molecule is [3H]PSOC[C@H]1O[C@@H](n2ccc(N)nc2=O)C[C@@H]1COC(c1ccccc1)(c1ccccc1)c1ccc(OC)cc1. The van der Waals surface area contributed by atoms with E-state index in [-0.39, 0.29) is 32.8 Å². The van der Waals surface area contributed by atoms with E-state index in [2.05, 4.69) is 29.2 Å². The molecule has 0 spiro atoms. The summed E-state index contributed by atoms with van der Waals surface area (Å²) in [7, 11) is 1.48. The molecule has 0 aliphatic carbocycles. The largest absolute Gasteiger partial charge is 0.497 e. The summed E-state index contributed by atoms with van der Waals surface area (Å²) in [5.74, 6) is 0.791. The lowest BCUT2D eigenvalue weighted by molar-refractivity contribution is -0.0503. The zero-order valence-electron chi connectivity index (χ0n) is 23.0. The lowest BCUT2D eigenvalue weighted by Crippen LogP contribution is -2.36. The maximum Gasteiger partial charge on any atom is 0.351 e. The molecule has 40 heavy (non-hydrogen) atoms. The smallest absolute Gasteiger partial charge is 0.351 e. The van der Waals surface area contributed by atoms with Gasteiger partial charge in [0.15, 0.2) is 0 Å². The van der Waals surface area contributed by atoms with E-state index in [9.17, 15) is 4.79 Å². The molecule has 0 bridgehead atoms. The van der Waals surface area contributed by atoms with Crippen molar-refractivity contribution in [2.24, 2.45) is 5.92 Å². The van der Waals surface area contributed by atoms with Gasteiger partial charge in [-0.3, -0.25) is 4.57 Å². The summed E-state index contributed by atoms with van der Waals surface area (Å²) in [6, 6.07) is 29.8. The first kappa shape index (κ1) is 27.0. The highest BCUT2D eigenvalue weighted by Crippen LogP contribution is 2.43. The first-order valence-corrected chi connectivity index (χ1v) is 14.9. The van der Waals surface area contributed by atoms with Crippen LogP contribution >= 0.6 is 20.0 Å². The summed E-state index contributed by atoms with van der Waals surface area (Å²) in [6.07, 6.45) is 1.19. The maximum absolute atomic E-state index is 12.6. The van der Waals surface area contributed by atoms with Crippen LogP contribution < -0.4 is 16.2 Å². The van der Waals surface area contributed by atoms with Gasteiger partial charge in [0.05, 0.1) is 27.7 Å². The second-order valence-electron chi connectivity index (χ2n) is 9.49. The van der Waals surface area contributed by atoms with Crippen molar-refractivity contribution in [3.8, 4) is 5.75 Å². The molecule has 1 fully saturated rings. The number of aromatic nitrogens is 2. The first-order chi connectivity index (χ1) is 20.0. The third-order valence-electron chi connectivity index (χ3n) is 7.19. The van der Waals surface area contributed by atoms with Gasteiger partial charge in [0.25, 0.3) is 0 Å². The third-order valence-corrected chi connectivity index (χ3v) is 7.79. The van der Waals surface area contributed by atoms with Crippen molar-refractivity contribution < 1.29 is 18.4 Å². The van der Waals surface area contributed by atoms with Gasteiger partial charge in [-0.05, 0) is 43.3 Å². The average Bonchev–Trinajstić information content (AvgIpc) is 3.41. The van der Waals surface area contributed by atoms with Crippen LogP contribution in [0.2, 0.25) is 0 Å². The van der Waals surface area contributed by atoms with Crippen LogP contribution in [0, 0.1) is 5.92 Å². The van der Waals surface area contributed by atoms with E-state index < -0.39 is 17.5 Å². The fraction of sp³-hybridized carbons (Fsp3) is 0.267. The second kappa shape index (κ2) is 13.0. The Bertz CT molecular complexity index is 1420. The summed E-state index contributed by atoms with van der Waals surface area (Å²) in [4.78, 5) is 16.5. The van der Waals surface area contributed by atoms with Crippen molar-refractivity contribution in [1.29, 1.82) is 1.28 Å². The molecule has 208 valence electrons. The Morgan fingerprint density at radius 1 is 1.02 bits per heavy atom. The van der Waals surface area contributed by atoms with Crippen LogP contribution in [-0.4, -0.2) is 37.3 Å². The van der Waals surface area contributed by atoms with Crippen LogP contribution in [0.5, 0.6) is 5.75 Å². The van der Waals surface area contributed by atoms with Crippen molar-refractivity contribution >= 4 is 25.9 Å². The molecule has 10 heteroatoms. The average molecular weight is 580 g/mol. The van der Waals surface area contributed by atoms with E-state index >= 15 is 0 Å². The molecule has 4 aromatic rings. The number of hydrogen-bond donors (Lipinski definition) is 1. The van der Waals surface area contributed by atoms with Crippen molar-refractivity contribution in [3.63, 3.8) is 0 Å². The van der Waals surface area contributed by atoms with Gasteiger partial charge < -0.3 is 24.1 Å². The highest BCUT2D eigenvalue weighted by molar-refractivity contribution is 8.40. The molecule has 1 aliphatic rings. The van der Waals surface area contributed by atoms with Crippen LogP contribution in [0.3, 0.4) is 0 Å². The highest BCUT2D eigenvalue weighted by Gasteiger charge is 2.42. The predicted molar refractivity (Wildman–Crippen MR) is 160 cm³/mol. The number of nitrogens with two attached hydrogens (primary N) is 1. The minimum absolute atomic E-state index is 0.121. The van der Waals surface area contributed by atoms with Crippen molar-refractivity contribution in [2.75, 3.05) is 26.1 Å². The van der Waals surface area contributed by atoms with Crippen LogP contribution in [0.4, 0.5) is 5.82 Å². The summed E-state index contributed by atoms with van der Waals surface area (Å²) >= 11 is 1.08. The van der Waals surface area contributed by atoms with E-state index in [1.54, 1.807) is 19.4 Å². The predicted octanol–water partition coefficient (Wildman–Crippen LogP) is 5.20. The standard InChI is InChI=1S/C30H32N3O5PS/c1-35-25-14-12-24(13-15-25)30(22-8-4-2-5-9-22,23-10-6-3-7-11-23)36-19-21-18-28(38-26(21)20-37-40-39)33-17-16-27(31)32-29(33)34/h2-17,21,26,28H,18-20,39H2,1H3,(H2,31,32,34)/t21-,26-,28-/m1/s1/i39T/t21-,26-,28-,39?.